The average molecular weight is 361 g/mol. The maximum atomic E-state index is 9.48. The zero-order valence-corrected chi connectivity index (χ0v) is 15.6. The third-order valence-corrected chi connectivity index (χ3v) is 5.48. The zero-order chi connectivity index (χ0) is 18.5. The van der Waals surface area contributed by atoms with Crippen molar-refractivity contribution in [3.8, 4) is 0 Å². The highest BCUT2D eigenvalue weighted by molar-refractivity contribution is 5.81. The smallest absolute Gasteiger partial charge is 0.161 e. The van der Waals surface area contributed by atoms with Gasteiger partial charge in [0.1, 0.15) is 5.82 Å². The Balaban J connectivity index is 1.48. The van der Waals surface area contributed by atoms with Crippen molar-refractivity contribution in [1.82, 2.24) is 24.1 Å². The number of benzene rings is 1. The van der Waals surface area contributed by atoms with E-state index in [4.69, 9.17) is 0 Å². The molecule has 0 bridgehead atoms. The lowest BCUT2D eigenvalue weighted by atomic mass is 10.1. The van der Waals surface area contributed by atoms with Crippen LogP contribution in [-0.2, 0) is 13.1 Å². The van der Waals surface area contributed by atoms with Gasteiger partial charge < -0.3 is 9.67 Å². The summed E-state index contributed by atoms with van der Waals surface area (Å²) in [4.78, 5) is 2.27. The summed E-state index contributed by atoms with van der Waals surface area (Å²) in [5.41, 5.74) is 7.04. The summed E-state index contributed by atoms with van der Waals surface area (Å²) in [6.07, 6.45) is -0.153. The summed E-state index contributed by atoms with van der Waals surface area (Å²) in [7, 11) is 0. The molecular weight excluding hydrogens is 338 g/mol. The van der Waals surface area contributed by atoms with Gasteiger partial charge in [0.25, 0.3) is 0 Å². The Morgan fingerprint density at radius 1 is 0.963 bits per heavy atom. The van der Waals surface area contributed by atoms with Gasteiger partial charge in [0.15, 0.2) is 5.65 Å². The number of hydrogen-bond acceptors (Lipinski definition) is 4. The van der Waals surface area contributed by atoms with Gasteiger partial charge in [0.05, 0.1) is 17.1 Å². The standard InChI is InChI=1S/C21H23N5O/c1-14-8-20-19(6-7-21-23-22-15(2)26(20)21)25(14)11-17-5-3-4-16(9-17)10-24-12-18(27)13-24/h3-9,18,27H,10-13H2,1-2H3. The number of pyridine rings is 1. The Morgan fingerprint density at radius 3 is 2.52 bits per heavy atom. The molecule has 0 spiro atoms. The molecule has 1 N–H and O–H groups in total. The normalized spacial score (nSPS) is 15.7. The van der Waals surface area contributed by atoms with Crippen LogP contribution < -0.4 is 0 Å². The second-order valence-corrected chi connectivity index (χ2v) is 7.58. The van der Waals surface area contributed by atoms with E-state index in [1.54, 1.807) is 0 Å². The Hall–Kier alpha value is -2.70. The van der Waals surface area contributed by atoms with Crippen molar-refractivity contribution >= 4 is 16.7 Å². The van der Waals surface area contributed by atoms with E-state index in [1.165, 1.54) is 22.3 Å². The van der Waals surface area contributed by atoms with Crippen LogP contribution in [0.2, 0.25) is 0 Å². The van der Waals surface area contributed by atoms with Gasteiger partial charge in [-0.25, -0.2) is 0 Å². The third kappa shape index (κ3) is 2.81. The lowest BCUT2D eigenvalue weighted by Crippen LogP contribution is -2.49. The number of nitrogens with zero attached hydrogens (tertiary/aromatic N) is 5. The van der Waals surface area contributed by atoms with Crippen LogP contribution in [0.4, 0.5) is 0 Å². The van der Waals surface area contributed by atoms with E-state index in [-0.39, 0.29) is 6.10 Å². The van der Waals surface area contributed by atoms with Gasteiger partial charge >= 0.3 is 0 Å². The molecule has 4 heterocycles. The molecule has 3 aromatic heterocycles. The molecule has 27 heavy (non-hydrogen) atoms. The fraction of sp³-hybridized carbons (Fsp3) is 0.333. The van der Waals surface area contributed by atoms with Gasteiger partial charge in [-0.05, 0) is 43.2 Å². The number of aryl methyl sites for hydroxylation is 2. The summed E-state index contributed by atoms with van der Waals surface area (Å²) in [5.74, 6) is 0.909. The Kier molecular flexibility index (Phi) is 3.77. The van der Waals surface area contributed by atoms with Gasteiger partial charge in [0.2, 0.25) is 0 Å². The Bertz CT molecular complexity index is 1140. The van der Waals surface area contributed by atoms with Gasteiger partial charge in [-0.3, -0.25) is 9.30 Å². The van der Waals surface area contributed by atoms with Crippen molar-refractivity contribution in [2.24, 2.45) is 0 Å². The molecular formula is C21H23N5O. The maximum Gasteiger partial charge on any atom is 0.161 e. The molecule has 1 fully saturated rings. The fourth-order valence-corrected chi connectivity index (χ4v) is 4.12. The summed E-state index contributed by atoms with van der Waals surface area (Å²) < 4.78 is 4.46. The topological polar surface area (TPSA) is 58.6 Å². The number of β-amino-alcohol motifs (C(OH)–C–C–N with tert-alkyl or cyclic N) is 1. The molecule has 6 heteroatoms. The number of aliphatic hydroxyl groups excluding tert-OH is 1. The SMILES string of the molecule is Cc1cc2c(ccc3nnc(C)n32)n1Cc1cccc(CN2CC(O)C2)c1. The maximum absolute atomic E-state index is 9.48. The molecule has 0 amide bonds. The van der Waals surface area contributed by atoms with E-state index >= 15 is 0 Å². The highest BCUT2D eigenvalue weighted by atomic mass is 16.3. The lowest BCUT2D eigenvalue weighted by molar-refractivity contribution is -0.00287. The van der Waals surface area contributed by atoms with E-state index < -0.39 is 0 Å². The van der Waals surface area contributed by atoms with E-state index in [9.17, 15) is 5.11 Å². The van der Waals surface area contributed by atoms with Crippen LogP contribution in [0.1, 0.15) is 22.6 Å². The van der Waals surface area contributed by atoms with E-state index in [0.717, 1.165) is 43.2 Å². The van der Waals surface area contributed by atoms with Crippen LogP contribution in [0, 0.1) is 13.8 Å². The number of aliphatic hydroxyl groups is 1. The predicted octanol–water partition coefficient (Wildman–Crippen LogP) is 2.53. The Labute approximate surface area is 157 Å². The number of aromatic nitrogens is 4. The Morgan fingerprint density at radius 2 is 1.74 bits per heavy atom. The fourth-order valence-electron chi connectivity index (χ4n) is 4.12. The quantitative estimate of drug-likeness (QED) is 0.607. The summed E-state index contributed by atoms with van der Waals surface area (Å²) in [6.45, 7) is 7.42. The lowest BCUT2D eigenvalue weighted by Gasteiger charge is -2.35. The van der Waals surface area contributed by atoms with Gasteiger partial charge in [-0.2, -0.15) is 0 Å². The third-order valence-electron chi connectivity index (χ3n) is 5.48. The number of likely N-dealkylation sites (tertiary alicyclic amines) is 1. The molecule has 1 saturated heterocycles. The van der Waals surface area contributed by atoms with Crippen molar-refractivity contribution in [2.45, 2.75) is 33.0 Å². The number of hydrogen-bond donors (Lipinski definition) is 1. The van der Waals surface area contributed by atoms with Crippen molar-refractivity contribution in [3.63, 3.8) is 0 Å². The molecule has 5 rings (SSSR count). The van der Waals surface area contributed by atoms with E-state index in [1.807, 2.05) is 13.0 Å². The molecule has 138 valence electrons. The first-order chi connectivity index (χ1) is 13.1. The van der Waals surface area contributed by atoms with Gasteiger partial charge in [-0.1, -0.05) is 24.3 Å². The second kappa shape index (κ2) is 6.18. The van der Waals surface area contributed by atoms with Gasteiger partial charge in [-0.15, -0.1) is 10.2 Å². The molecule has 0 radical (unpaired) electrons. The van der Waals surface area contributed by atoms with Crippen LogP contribution in [-0.4, -0.2) is 48.4 Å². The zero-order valence-electron chi connectivity index (χ0n) is 15.6. The minimum atomic E-state index is -0.153. The van der Waals surface area contributed by atoms with Crippen LogP contribution in [0.5, 0.6) is 0 Å². The van der Waals surface area contributed by atoms with Crippen LogP contribution in [0.15, 0.2) is 42.5 Å². The van der Waals surface area contributed by atoms with Crippen LogP contribution >= 0.6 is 0 Å². The first kappa shape index (κ1) is 16.5. The molecule has 6 nitrogen and oxygen atoms in total. The van der Waals surface area contributed by atoms with E-state index in [0.29, 0.717) is 0 Å². The summed E-state index contributed by atoms with van der Waals surface area (Å²) >= 11 is 0. The molecule has 1 aliphatic heterocycles. The monoisotopic (exact) mass is 361 g/mol. The molecule has 0 unspecified atom stereocenters. The minimum Gasteiger partial charge on any atom is -0.390 e. The molecule has 1 aliphatic rings. The van der Waals surface area contributed by atoms with Crippen molar-refractivity contribution in [3.05, 3.63) is 65.1 Å². The minimum absolute atomic E-state index is 0.153. The number of rotatable bonds is 4. The molecule has 0 aliphatic carbocycles. The largest absolute Gasteiger partial charge is 0.390 e. The molecule has 4 aromatic rings. The second-order valence-electron chi connectivity index (χ2n) is 7.58. The summed E-state index contributed by atoms with van der Waals surface area (Å²) in [5, 5.41) is 17.9. The average Bonchev–Trinajstić information content (AvgIpc) is 3.15. The number of fused-ring (bicyclic) bond motifs is 3. The predicted molar refractivity (Wildman–Crippen MR) is 105 cm³/mol. The van der Waals surface area contributed by atoms with Crippen LogP contribution in [0.3, 0.4) is 0 Å². The highest BCUT2D eigenvalue weighted by Gasteiger charge is 2.23. The highest BCUT2D eigenvalue weighted by Crippen LogP contribution is 2.23. The molecule has 1 aromatic carbocycles. The van der Waals surface area contributed by atoms with Crippen LogP contribution in [0.25, 0.3) is 16.7 Å². The summed E-state index contributed by atoms with van der Waals surface area (Å²) in [6, 6.07) is 15.1. The molecule has 0 saturated carbocycles. The van der Waals surface area contributed by atoms with Crippen molar-refractivity contribution in [1.29, 1.82) is 0 Å². The first-order valence-electron chi connectivity index (χ1n) is 9.37. The first-order valence-corrected chi connectivity index (χ1v) is 9.37. The van der Waals surface area contributed by atoms with Crippen molar-refractivity contribution in [2.75, 3.05) is 13.1 Å². The molecule has 0 atom stereocenters. The van der Waals surface area contributed by atoms with Gasteiger partial charge in [0, 0.05) is 31.9 Å². The van der Waals surface area contributed by atoms with Crippen molar-refractivity contribution < 1.29 is 5.11 Å². The van der Waals surface area contributed by atoms with E-state index in [2.05, 4.69) is 67.4 Å².